The molecule has 0 aromatic heterocycles. The molecule has 0 saturated carbocycles. The number of hydrogen-bond acceptors (Lipinski definition) is 3. The lowest BCUT2D eigenvalue weighted by molar-refractivity contribution is -0.115. The molecule has 1 amide bonds. The minimum Gasteiger partial charge on any atom is -0.497 e. The van der Waals surface area contributed by atoms with Crippen molar-refractivity contribution in [1.29, 1.82) is 0 Å². The van der Waals surface area contributed by atoms with Gasteiger partial charge in [-0.2, -0.15) is 0 Å². The smallest absolute Gasteiger partial charge is 0.335 e. The molecule has 0 heterocycles. The van der Waals surface area contributed by atoms with Gasteiger partial charge in [-0.05, 0) is 66.6 Å². The Bertz CT molecular complexity index is 1040. The third-order valence-electron chi connectivity index (χ3n) is 5.46. The second-order valence-electron chi connectivity index (χ2n) is 7.75. The largest absolute Gasteiger partial charge is 0.497 e. The fourth-order valence-electron chi connectivity index (χ4n) is 3.74. The van der Waals surface area contributed by atoms with Crippen LogP contribution in [0.4, 0.5) is 5.69 Å². The van der Waals surface area contributed by atoms with E-state index in [1.165, 1.54) is 0 Å². The molecule has 0 atom stereocenters. The Balaban J connectivity index is 1.48. The van der Waals surface area contributed by atoms with E-state index in [1.807, 2.05) is 60.7 Å². The molecule has 5 nitrogen and oxygen atoms in total. The van der Waals surface area contributed by atoms with Crippen molar-refractivity contribution in [3.8, 4) is 5.75 Å². The van der Waals surface area contributed by atoms with Gasteiger partial charge in [0.05, 0.1) is 19.1 Å². The van der Waals surface area contributed by atoms with Crippen LogP contribution < -0.4 is 10.1 Å². The number of methoxy groups -OCH3 is 1. The fraction of sp³-hybridized carbons (Fsp3) is 0.259. The van der Waals surface area contributed by atoms with Gasteiger partial charge in [-0.3, -0.25) is 4.79 Å². The predicted molar refractivity (Wildman–Crippen MR) is 126 cm³/mol. The van der Waals surface area contributed by atoms with E-state index in [0.717, 1.165) is 60.2 Å². The molecule has 3 aromatic carbocycles. The number of ether oxygens (including phenoxy) is 1. The molecule has 0 aliphatic carbocycles. The summed E-state index contributed by atoms with van der Waals surface area (Å²) in [4.78, 5) is 23.8. The van der Waals surface area contributed by atoms with Crippen molar-refractivity contribution in [2.45, 2.75) is 38.5 Å². The summed E-state index contributed by atoms with van der Waals surface area (Å²) in [5, 5.41) is 12.3. The number of carboxylic acid groups (broad SMARTS) is 1. The monoisotopic (exact) mass is 431 g/mol. The Morgan fingerprint density at radius 2 is 1.44 bits per heavy atom. The number of rotatable bonds is 11. The quantitative estimate of drug-likeness (QED) is 0.392. The summed E-state index contributed by atoms with van der Waals surface area (Å²) >= 11 is 0. The fourth-order valence-corrected chi connectivity index (χ4v) is 3.74. The van der Waals surface area contributed by atoms with Crippen molar-refractivity contribution in [2.24, 2.45) is 0 Å². The van der Waals surface area contributed by atoms with E-state index in [-0.39, 0.29) is 5.91 Å². The van der Waals surface area contributed by atoms with Crippen molar-refractivity contribution >= 4 is 17.6 Å². The van der Waals surface area contributed by atoms with E-state index in [1.54, 1.807) is 19.2 Å². The number of carbonyl (C=O) groups excluding carboxylic acids is 1. The number of carbonyl (C=O) groups is 2. The Morgan fingerprint density at radius 3 is 2.12 bits per heavy atom. The number of unbranched alkanes of at least 4 members (excludes halogenated alkanes) is 2. The second-order valence-corrected chi connectivity index (χ2v) is 7.75. The van der Waals surface area contributed by atoms with Gasteiger partial charge < -0.3 is 15.2 Å². The number of nitrogens with one attached hydrogen (secondary N) is 1. The SMILES string of the molecule is COc1ccc(CC(=O)Nc2ccccc2CCCCCc2ccccc2C(=O)O)cc1. The molecule has 3 rings (SSSR count). The average Bonchev–Trinajstić information content (AvgIpc) is 2.80. The first kappa shape index (κ1) is 23.1. The summed E-state index contributed by atoms with van der Waals surface area (Å²) in [6.07, 6.45) is 4.81. The molecule has 0 spiro atoms. The molecular weight excluding hydrogens is 402 g/mol. The van der Waals surface area contributed by atoms with Crippen LogP contribution in [-0.4, -0.2) is 24.1 Å². The third kappa shape index (κ3) is 6.71. The molecule has 0 saturated heterocycles. The van der Waals surface area contributed by atoms with Gasteiger partial charge in [0.1, 0.15) is 5.75 Å². The first-order valence-electron chi connectivity index (χ1n) is 10.9. The van der Waals surface area contributed by atoms with E-state index >= 15 is 0 Å². The molecule has 2 N–H and O–H groups in total. The zero-order valence-electron chi connectivity index (χ0n) is 18.3. The number of aryl methyl sites for hydroxylation is 2. The van der Waals surface area contributed by atoms with E-state index in [0.29, 0.717) is 12.0 Å². The van der Waals surface area contributed by atoms with Crippen molar-refractivity contribution in [2.75, 3.05) is 12.4 Å². The number of hydrogen-bond donors (Lipinski definition) is 2. The number of amides is 1. The number of carboxylic acids is 1. The van der Waals surface area contributed by atoms with E-state index < -0.39 is 5.97 Å². The lowest BCUT2D eigenvalue weighted by Crippen LogP contribution is -2.15. The highest BCUT2D eigenvalue weighted by Crippen LogP contribution is 2.20. The van der Waals surface area contributed by atoms with Gasteiger partial charge in [0, 0.05) is 5.69 Å². The molecule has 0 bridgehead atoms. The molecular formula is C27H29NO4. The molecule has 0 radical (unpaired) electrons. The van der Waals surface area contributed by atoms with Gasteiger partial charge in [0.15, 0.2) is 0 Å². The van der Waals surface area contributed by atoms with Gasteiger partial charge in [-0.15, -0.1) is 0 Å². The highest BCUT2D eigenvalue weighted by Gasteiger charge is 2.10. The first-order valence-corrected chi connectivity index (χ1v) is 10.9. The topological polar surface area (TPSA) is 75.6 Å². The van der Waals surface area contributed by atoms with E-state index in [4.69, 9.17) is 4.74 Å². The van der Waals surface area contributed by atoms with Crippen molar-refractivity contribution in [1.82, 2.24) is 0 Å². The summed E-state index contributed by atoms with van der Waals surface area (Å²) in [5.41, 5.74) is 4.16. The third-order valence-corrected chi connectivity index (χ3v) is 5.46. The lowest BCUT2D eigenvalue weighted by atomic mass is 9.99. The van der Waals surface area contributed by atoms with Crippen molar-refractivity contribution in [3.63, 3.8) is 0 Å². The van der Waals surface area contributed by atoms with Crippen LogP contribution in [0, 0.1) is 0 Å². The maximum Gasteiger partial charge on any atom is 0.335 e. The van der Waals surface area contributed by atoms with Gasteiger partial charge >= 0.3 is 5.97 Å². The highest BCUT2D eigenvalue weighted by atomic mass is 16.5. The molecule has 5 heteroatoms. The summed E-state index contributed by atoms with van der Waals surface area (Å²) < 4.78 is 5.16. The van der Waals surface area contributed by atoms with Crippen molar-refractivity contribution in [3.05, 3.63) is 95.1 Å². The minimum absolute atomic E-state index is 0.0482. The van der Waals surface area contributed by atoms with Crippen LogP contribution in [0.1, 0.15) is 46.3 Å². The predicted octanol–water partition coefficient (Wildman–Crippen LogP) is 5.53. The Labute approximate surface area is 189 Å². The van der Waals surface area contributed by atoms with Gasteiger partial charge in [0.2, 0.25) is 5.91 Å². The van der Waals surface area contributed by atoms with Crippen LogP contribution in [0.15, 0.2) is 72.8 Å². The highest BCUT2D eigenvalue weighted by molar-refractivity contribution is 5.93. The summed E-state index contributed by atoms with van der Waals surface area (Å²) in [7, 11) is 1.62. The van der Waals surface area contributed by atoms with Gasteiger partial charge in [0.25, 0.3) is 0 Å². The number of aromatic carboxylic acids is 1. The maximum atomic E-state index is 12.5. The standard InChI is InChI=1S/C27H29NO4/c1-32-23-17-15-20(16-18-23)19-26(29)28-25-14-8-6-12-22(25)11-4-2-3-9-21-10-5-7-13-24(21)27(30)31/h5-8,10,12-18H,2-4,9,11,19H2,1H3,(H,28,29)(H,30,31). The van der Waals surface area contributed by atoms with E-state index in [2.05, 4.69) is 5.32 Å². The van der Waals surface area contributed by atoms with Gasteiger partial charge in [-0.25, -0.2) is 4.79 Å². The molecule has 3 aromatic rings. The molecule has 0 aliphatic rings. The second kappa shape index (κ2) is 11.7. The van der Waals surface area contributed by atoms with Crippen LogP contribution in [0.5, 0.6) is 5.75 Å². The summed E-state index contributed by atoms with van der Waals surface area (Å²) in [6, 6.07) is 22.6. The zero-order valence-corrected chi connectivity index (χ0v) is 18.3. The molecule has 0 fully saturated rings. The van der Waals surface area contributed by atoms with Crippen LogP contribution >= 0.6 is 0 Å². The Morgan fingerprint density at radius 1 is 0.812 bits per heavy atom. The van der Waals surface area contributed by atoms with Crippen molar-refractivity contribution < 1.29 is 19.4 Å². The van der Waals surface area contributed by atoms with Gasteiger partial charge in [-0.1, -0.05) is 55.0 Å². The Kier molecular flexibility index (Phi) is 8.44. The maximum absolute atomic E-state index is 12.5. The number of benzene rings is 3. The number of para-hydroxylation sites is 1. The van der Waals surface area contributed by atoms with Crippen LogP contribution in [0.3, 0.4) is 0 Å². The Hall–Kier alpha value is -3.60. The van der Waals surface area contributed by atoms with Crippen LogP contribution in [0.25, 0.3) is 0 Å². The minimum atomic E-state index is -0.875. The normalized spacial score (nSPS) is 10.5. The average molecular weight is 432 g/mol. The molecule has 32 heavy (non-hydrogen) atoms. The van der Waals surface area contributed by atoms with E-state index in [9.17, 15) is 14.7 Å². The number of anilines is 1. The zero-order chi connectivity index (χ0) is 22.8. The summed E-state index contributed by atoms with van der Waals surface area (Å²) in [5.74, 6) is -0.154. The first-order chi connectivity index (χ1) is 15.6. The molecule has 0 aliphatic heterocycles. The molecule has 0 unspecified atom stereocenters. The molecule has 166 valence electrons. The lowest BCUT2D eigenvalue weighted by Gasteiger charge is -2.12. The summed E-state index contributed by atoms with van der Waals surface area (Å²) in [6.45, 7) is 0. The van der Waals surface area contributed by atoms with Crippen LogP contribution in [-0.2, 0) is 24.1 Å². The van der Waals surface area contributed by atoms with Crippen LogP contribution in [0.2, 0.25) is 0 Å².